The van der Waals surface area contributed by atoms with Gasteiger partial charge in [-0.25, -0.2) is 4.79 Å². The topological polar surface area (TPSA) is 94.7 Å². The maximum Gasteiger partial charge on any atom is 0.331 e. The van der Waals surface area contributed by atoms with Crippen LogP contribution in [0.3, 0.4) is 0 Å². The quantitative estimate of drug-likeness (QED) is 0.413. The van der Waals surface area contributed by atoms with Crippen molar-refractivity contribution >= 4 is 23.6 Å². The molecule has 0 bridgehead atoms. The average molecular weight is 399 g/mol. The Morgan fingerprint density at radius 1 is 1.10 bits per heavy atom. The number of aromatic nitrogens is 1. The highest BCUT2D eigenvalue weighted by atomic mass is 16.5. The monoisotopic (exact) mass is 399 g/mol. The molecular formula is C22H25NO6. The van der Waals surface area contributed by atoms with Gasteiger partial charge in [0.05, 0.1) is 19.9 Å². The van der Waals surface area contributed by atoms with Crippen LogP contribution in [-0.4, -0.2) is 42.8 Å². The van der Waals surface area contributed by atoms with Gasteiger partial charge in [-0.15, -0.1) is 0 Å². The Balaban J connectivity index is 2.13. The summed E-state index contributed by atoms with van der Waals surface area (Å²) < 4.78 is 15.7. The van der Waals surface area contributed by atoms with E-state index in [0.717, 1.165) is 0 Å². The SMILES string of the molecule is COc1ccc(OC)c(/C=C/C(=O)OC(C)C(=O)c2[nH]c(C)c(C(C)=O)c2C)c1. The second-order valence-electron chi connectivity index (χ2n) is 6.57. The summed E-state index contributed by atoms with van der Waals surface area (Å²) in [7, 11) is 3.06. The number of carbonyl (C=O) groups is 3. The molecule has 0 aliphatic rings. The Morgan fingerprint density at radius 2 is 1.79 bits per heavy atom. The normalized spacial score (nSPS) is 11.9. The number of rotatable bonds is 8. The van der Waals surface area contributed by atoms with Crippen molar-refractivity contribution in [1.82, 2.24) is 4.98 Å². The summed E-state index contributed by atoms with van der Waals surface area (Å²) in [5.74, 6) is -0.0353. The predicted octanol–water partition coefficient (Wildman–Crippen LogP) is 3.68. The highest BCUT2D eigenvalue weighted by Gasteiger charge is 2.25. The van der Waals surface area contributed by atoms with E-state index in [9.17, 15) is 14.4 Å². The van der Waals surface area contributed by atoms with Crippen molar-refractivity contribution in [3.05, 3.63) is 52.4 Å². The minimum absolute atomic E-state index is 0.130. The van der Waals surface area contributed by atoms with Crippen LogP contribution in [0, 0.1) is 13.8 Å². The van der Waals surface area contributed by atoms with Gasteiger partial charge in [-0.1, -0.05) is 0 Å². The fourth-order valence-electron chi connectivity index (χ4n) is 3.12. The van der Waals surface area contributed by atoms with Gasteiger partial charge in [-0.3, -0.25) is 9.59 Å². The Kier molecular flexibility index (Phi) is 6.98. The van der Waals surface area contributed by atoms with Crippen molar-refractivity contribution in [3.8, 4) is 11.5 Å². The molecular weight excluding hydrogens is 374 g/mol. The number of esters is 1. The average Bonchev–Trinajstić information content (AvgIpc) is 2.99. The van der Waals surface area contributed by atoms with Gasteiger partial charge in [0.25, 0.3) is 0 Å². The van der Waals surface area contributed by atoms with Gasteiger partial charge < -0.3 is 19.2 Å². The number of Topliss-reactive ketones (excluding diaryl/α,β-unsaturated/α-hetero) is 2. The van der Waals surface area contributed by atoms with Crippen LogP contribution < -0.4 is 9.47 Å². The number of H-pyrrole nitrogens is 1. The van der Waals surface area contributed by atoms with Gasteiger partial charge in [0.2, 0.25) is 5.78 Å². The van der Waals surface area contributed by atoms with Crippen molar-refractivity contribution in [2.75, 3.05) is 14.2 Å². The maximum atomic E-state index is 12.7. The van der Waals surface area contributed by atoms with E-state index in [1.807, 2.05) is 0 Å². The number of carbonyl (C=O) groups excluding carboxylic acids is 3. The van der Waals surface area contributed by atoms with E-state index < -0.39 is 17.9 Å². The van der Waals surface area contributed by atoms with E-state index in [1.54, 1.807) is 39.2 Å². The third-order valence-electron chi connectivity index (χ3n) is 4.53. The molecule has 1 heterocycles. The first kappa shape index (κ1) is 21.9. The van der Waals surface area contributed by atoms with Gasteiger partial charge in [-0.2, -0.15) is 0 Å². The van der Waals surface area contributed by atoms with E-state index >= 15 is 0 Å². The van der Waals surface area contributed by atoms with Gasteiger partial charge in [0, 0.05) is 22.9 Å². The molecule has 0 aliphatic heterocycles. The van der Waals surface area contributed by atoms with Crippen molar-refractivity contribution < 1.29 is 28.6 Å². The van der Waals surface area contributed by atoms with Gasteiger partial charge in [0.15, 0.2) is 11.9 Å². The summed E-state index contributed by atoms with van der Waals surface area (Å²) in [6.45, 7) is 6.35. The summed E-state index contributed by atoms with van der Waals surface area (Å²) in [6, 6.07) is 5.18. The summed E-state index contributed by atoms with van der Waals surface area (Å²) in [5.41, 5.74) is 2.55. The summed E-state index contributed by atoms with van der Waals surface area (Å²) in [5, 5.41) is 0. The van der Waals surface area contributed by atoms with Crippen LogP contribution in [0.4, 0.5) is 0 Å². The summed E-state index contributed by atoms with van der Waals surface area (Å²) >= 11 is 0. The zero-order chi connectivity index (χ0) is 21.7. The van der Waals surface area contributed by atoms with E-state index in [0.29, 0.717) is 33.9 Å². The Hall–Kier alpha value is -3.35. The van der Waals surface area contributed by atoms with Crippen molar-refractivity contribution in [3.63, 3.8) is 0 Å². The van der Waals surface area contributed by atoms with Crippen molar-refractivity contribution in [2.45, 2.75) is 33.8 Å². The van der Waals surface area contributed by atoms with Crippen LogP contribution in [0.25, 0.3) is 6.08 Å². The van der Waals surface area contributed by atoms with Crippen molar-refractivity contribution in [1.29, 1.82) is 0 Å². The molecule has 1 atom stereocenters. The van der Waals surface area contributed by atoms with Crippen LogP contribution in [0.15, 0.2) is 24.3 Å². The van der Waals surface area contributed by atoms with Crippen LogP contribution in [0.5, 0.6) is 11.5 Å². The lowest BCUT2D eigenvalue weighted by molar-refractivity contribution is -0.140. The van der Waals surface area contributed by atoms with E-state index in [2.05, 4.69) is 4.98 Å². The third-order valence-corrected chi connectivity index (χ3v) is 4.53. The number of methoxy groups -OCH3 is 2. The lowest BCUT2D eigenvalue weighted by atomic mass is 10.0. The van der Waals surface area contributed by atoms with Crippen LogP contribution in [-0.2, 0) is 9.53 Å². The van der Waals surface area contributed by atoms with Gasteiger partial charge in [0.1, 0.15) is 11.5 Å². The molecule has 0 saturated carbocycles. The second-order valence-corrected chi connectivity index (χ2v) is 6.57. The fraction of sp³-hybridized carbons (Fsp3) is 0.318. The molecule has 1 aromatic heterocycles. The molecule has 1 aromatic carbocycles. The van der Waals surface area contributed by atoms with Crippen LogP contribution >= 0.6 is 0 Å². The standard InChI is InChI=1S/C22H25NO6/c1-12-20(14(3)24)13(2)23-21(12)22(26)15(4)29-19(25)10-7-16-11-17(27-5)8-9-18(16)28-6/h7-11,15,23H,1-6H3/b10-7+. The van der Waals surface area contributed by atoms with Crippen molar-refractivity contribution in [2.24, 2.45) is 0 Å². The van der Waals surface area contributed by atoms with Crippen LogP contribution in [0.1, 0.15) is 51.5 Å². The zero-order valence-corrected chi connectivity index (χ0v) is 17.4. The first-order valence-corrected chi connectivity index (χ1v) is 9.04. The molecule has 7 heteroatoms. The first-order chi connectivity index (χ1) is 13.7. The fourth-order valence-corrected chi connectivity index (χ4v) is 3.12. The molecule has 0 radical (unpaired) electrons. The van der Waals surface area contributed by atoms with E-state index in [4.69, 9.17) is 14.2 Å². The molecule has 0 amide bonds. The Bertz CT molecular complexity index is 970. The molecule has 1 unspecified atom stereocenters. The maximum absolute atomic E-state index is 12.7. The molecule has 0 spiro atoms. The molecule has 154 valence electrons. The molecule has 0 fully saturated rings. The number of nitrogens with one attached hydrogen (secondary N) is 1. The number of aromatic amines is 1. The minimum atomic E-state index is -1.02. The number of ketones is 2. The molecule has 7 nitrogen and oxygen atoms in total. The smallest absolute Gasteiger partial charge is 0.331 e. The minimum Gasteiger partial charge on any atom is -0.497 e. The molecule has 0 aliphatic carbocycles. The van der Waals surface area contributed by atoms with Gasteiger partial charge >= 0.3 is 5.97 Å². The van der Waals surface area contributed by atoms with Gasteiger partial charge in [-0.05, 0) is 57.5 Å². The lowest BCUT2D eigenvalue weighted by Crippen LogP contribution is -2.24. The summed E-state index contributed by atoms with van der Waals surface area (Å²) in [4.78, 5) is 39.5. The highest BCUT2D eigenvalue weighted by molar-refractivity contribution is 6.05. The number of benzene rings is 1. The number of hydrogen-bond donors (Lipinski definition) is 1. The van der Waals surface area contributed by atoms with E-state index in [1.165, 1.54) is 33.1 Å². The Morgan fingerprint density at radius 3 is 2.34 bits per heavy atom. The largest absolute Gasteiger partial charge is 0.497 e. The summed E-state index contributed by atoms with van der Waals surface area (Å²) in [6.07, 6.45) is 1.73. The molecule has 2 rings (SSSR count). The third kappa shape index (κ3) is 4.93. The molecule has 29 heavy (non-hydrogen) atoms. The number of ether oxygens (including phenoxy) is 3. The highest BCUT2D eigenvalue weighted by Crippen LogP contribution is 2.25. The predicted molar refractivity (Wildman–Crippen MR) is 109 cm³/mol. The number of hydrogen-bond acceptors (Lipinski definition) is 6. The zero-order valence-electron chi connectivity index (χ0n) is 17.4. The number of aryl methyl sites for hydroxylation is 1. The molecule has 0 saturated heterocycles. The Labute approximate surface area is 169 Å². The first-order valence-electron chi connectivity index (χ1n) is 9.04. The molecule has 1 N–H and O–H groups in total. The second kappa shape index (κ2) is 9.23. The lowest BCUT2D eigenvalue weighted by Gasteiger charge is -2.11. The van der Waals surface area contributed by atoms with E-state index in [-0.39, 0.29) is 11.5 Å². The molecule has 2 aromatic rings. The van der Waals surface area contributed by atoms with Crippen LogP contribution in [0.2, 0.25) is 0 Å².